The molecule has 1 aliphatic carbocycles. The predicted octanol–water partition coefficient (Wildman–Crippen LogP) is 6.32. The zero-order valence-electron chi connectivity index (χ0n) is 15.4. The fourth-order valence-electron chi connectivity index (χ4n) is 3.30. The van der Waals surface area contributed by atoms with Crippen molar-refractivity contribution in [3.8, 4) is 28.7 Å². The molecule has 1 nitrogen and oxygen atoms in total. The largest absolute Gasteiger partial charge is 0.494 e. The number of ether oxygens (including phenoxy) is 1. The van der Waals surface area contributed by atoms with Gasteiger partial charge in [-0.25, -0.2) is 0 Å². The molecule has 3 rings (SSSR count). The Balaban J connectivity index is 1.62. The van der Waals surface area contributed by atoms with Gasteiger partial charge >= 0.3 is 0 Å². The van der Waals surface area contributed by atoms with Crippen molar-refractivity contribution in [2.75, 3.05) is 6.61 Å². The smallest absolute Gasteiger partial charge is 0.119 e. The van der Waals surface area contributed by atoms with Crippen molar-refractivity contribution in [1.29, 1.82) is 0 Å². The van der Waals surface area contributed by atoms with E-state index in [0.29, 0.717) is 5.92 Å². The minimum absolute atomic E-state index is 0.589. The third kappa shape index (κ3) is 5.13. The standard InChI is InChI=1S/C24H28O/c1-3-18-25-24-16-14-23(15-17-24)22-12-10-21(11-13-22)9-8-20-6-4-19(2)5-7-20/h10-17,19-20H,3-7,18H2,1-2H3/t19-,20-. The fourth-order valence-corrected chi connectivity index (χ4v) is 3.30. The highest BCUT2D eigenvalue weighted by molar-refractivity contribution is 5.65. The Hall–Kier alpha value is -2.20. The maximum absolute atomic E-state index is 5.64. The van der Waals surface area contributed by atoms with Crippen molar-refractivity contribution < 1.29 is 4.74 Å². The van der Waals surface area contributed by atoms with Gasteiger partial charge in [0.25, 0.3) is 0 Å². The van der Waals surface area contributed by atoms with Gasteiger partial charge in [0.05, 0.1) is 6.61 Å². The normalized spacial score (nSPS) is 19.8. The lowest BCUT2D eigenvalue weighted by molar-refractivity contribution is 0.317. The number of rotatable bonds is 4. The van der Waals surface area contributed by atoms with Crippen LogP contribution < -0.4 is 4.74 Å². The molecule has 0 saturated heterocycles. The molecule has 0 bridgehead atoms. The molecule has 130 valence electrons. The number of benzene rings is 2. The summed E-state index contributed by atoms with van der Waals surface area (Å²) in [6.07, 6.45) is 6.22. The van der Waals surface area contributed by atoms with E-state index in [4.69, 9.17) is 4.74 Å². The van der Waals surface area contributed by atoms with Gasteiger partial charge in [-0.2, -0.15) is 0 Å². The van der Waals surface area contributed by atoms with Gasteiger partial charge in [0, 0.05) is 11.5 Å². The summed E-state index contributed by atoms with van der Waals surface area (Å²) in [5.41, 5.74) is 3.55. The molecule has 0 heterocycles. The Bertz CT molecular complexity index is 707. The third-order valence-electron chi connectivity index (χ3n) is 4.98. The lowest BCUT2D eigenvalue weighted by atomic mass is 9.83. The van der Waals surface area contributed by atoms with Crippen LogP contribution in [0.25, 0.3) is 11.1 Å². The van der Waals surface area contributed by atoms with E-state index in [1.54, 1.807) is 0 Å². The average Bonchev–Trinajstić information content (AvgIpc) is 2.67. The van der Waals surface area contributed by atoms with Gasteiger partial charge in [-0.15, -0.1) is 0 Å². The molecular formula is C24H28O. The van der Waals surface area contributed by atoms with Crippen molar-refractivity contribution in [2.24, 2.45) is 11.8 Å². The lowest BCUT2D eigenvalue weighted by Crippen LogP contribution is -2.10. The van der Waals surface area contributed by atoms with Gasteiger partial charge in [0.1, 0.15) is 5.75 Å². The van der Waals surface area contributed by atoms with Gasteiger partial charge < -0.3 is 4.74 Å². The van der Waals surface area contributed by atoms with Gasteiger partial charge in [-0.1, -0.05) is 50.0 Å². The van der Waals surface area contributed by atoms with Gasteiger partial charge in [-0.05, 0) is 73.4 Å². The van der Waals surface area contributed by atoms with E-state index in [0.717, 1.165) is 30.3 Å². The molecule has 0 unspecified atom stereocenters. The second-order valence-corrected chi connectivity index (χ2v) is 7.18. The molecule has 1 saturated carbocycles. The van der Waals surface area contributed by atoms with E-state index in [1.807, 2.05) is 12.1 Å². The molecule has 0 atom stereocenters. The van der Waals surface area contributed by atoms with Crippen LogP contribution in [0.1, 0.15) is 51.5 Å². The molecule has 2 aromatic rings. The maximum Gasteiger partial charge on any atom is 0.119 e. The molecule has 0 aliphatic heterocycles. The molecule has 2 aromatic carbocycles. The van der Waals surface area contributed by atoms with Crippen molar-refractivity contribution >= 4 is 0 Å². The summed E-state index contributed by atoms with van der Waals surface area (Å²) in [7, 11) is 0. The molecule has 0 radical (unpaired) electrons. The summed E-state index contributed by atoms with van der Waals surface area (Å²) in [6, 6.07) is 16.9. The van der Waals surface area contributed by atoms with Crippen LogP contribution in [0.4, 0.5) is 0 Å². The second-order valence-electron chi connectivity index (χ2n) is 7.18. The number of hydrogen-bond donors (Lipinski definition) is 0. The average molecular weight is 332 g/mol. The molecule has 1 heteroatoms. The maximum atomic E-state index is 5.64. The van der Waals surface area contributed by atoms with Crippen LogP contribution in [-0.4, -0.2) is 6.61 Å². The molecule has 0 amide bonds. The molecule has 0 aromatic heterocycles. The SMILES string of the molecule is CCCOc1ccc(-c2ccc(C#C[C@H]3CC[C@H](C)CC3)cc2)cc1. The molecule has 1 aliphatic rings. The van der Waals surface area contributed by atoms with Gasteiger partial charge in [0.2, 0.25) is 0 Å². The quantitative estimate of drug-likeness (QED) is 0.595. The first-order valence-corrected chi connectivity index (χ1v) is 9.59. The van der Waals surface area contributed by atoms with Crippen LogP contribution in [0, 0.1) is 23.7 Å². The topological polar surface area (TPSA) is 9.23 Å². The van der Waals surface area contributed by atoms with E-state index < -0.39 is 0 Å². The van der Waals surface area contributed by atoms with E-state index in [1.165, 1.54) is 36.8 Å². The summed E-state index contributed by atoms with van der Waals surface area (Å²) in [5, 5.41) is 0. The number of hydrogen-bond acceptors (Lipinski definition) is 1. The zero-order chi connectivity index (χ0) is 17.5. The van der Waals surface area contributed by atoms with Crippen LogP contribution in [-0.2, 0) is 0 Å². The second kappa shape index (κ2) is 8.77. The Labute approximate surface area is 152 Å². The van der Waals surface area contributed by atoms with Crippen LogP contribution >= 0.6 is 0 Å². The van der Waals surface area contributed by atoms with Gasteiger partial charge in [-0.3, -0.25) is 0 Å². The summed E-state index contributed by atoms with van der Waals surface area (Å²) in [6.45, 7) is 5.24. The summed E-state index contributed by atoms with van der Waals surface area (Å²) in [4.78, 5) is 0. The fraction of sp³-hybridized carbons (Fsp3) is 0.417. The first kappa shape index (κ1) is 17.6. The van der Waals surface area contributed by atoms with Crippen molar-refractivity contribution in [1.82, 2.24) is 0 Å². The summed E-state index contributed by atoms with van der Waals surface area (Å²) in [5.74, 6) is 9.26. The van der Waals surface area contributed by atoms with Crippen LogP contribution in [0.5, 0.6) is 5.75 Å². The van der Waals surface area contributed by atoms with Crippen LogP contribution in [0.2, 0.25) is 0 Å². The van der Waals surface area contributed by atoms with Gasteiger partial charge in [0.15, 0.2) is 0 Å². The zero-order valence-corrected chi connectivity index (χ0v) is 15.4. The minimum Gasteiger partial charge on any atom is -0.494 e. The van der Waals surface area contributed by atoms with Crippen molar-refractivity contribution in [3.05, 3.63) is 54.1 Å². The Morgan fingerprint density at radius 1 is 0.880 bits per heavy atom. The first-order chi connectivity index (χ1) is 12.2. The first-order valence-electron chi connectivity index (χ1n) is 9.59. The molecule has 0 spiro atoms. The Morgan fingerprint density at radius 2 is 1.48 bits per heavy atom. The predicted molar refractivity (Wildman–Crippen MR) is 106 cm³/mol. The lowest BCUT2D eigenvalue weighted by Gasteiger charge is -2.21. The van der Waals surface area contributed by atoms with E-state index in [9.17, 15) is 0 Å². The summed E-state index contributed by atoms with van der Waals surface area (Å²) < 4.78 is 5.64. The highest BCUT2D eigenvalue weighted by Gasteiger charge is 2.15. The molecule has 1 fully saturated rings. The highest BCUT2D eigenvalue weighted by Crippen LogP contribution is 2.28. The van der Waals surface area contributed by atoms with Crippen LogP contribution in [0.3, 0.4) is 0 Å². The van der Waals surface area contributed by atoms with E-state index in [2.05, 4.69) is 62.1 Å². The van der Waals surface area contributed by atoms with Crippen LogP contribution in [0.15, 0.2) is 48.5 Å². The molecule has 0 N–H and O–H groups in total. The Morgan fingerprint density at radius 3 is 2.08 bits per heavy atom. The molecule has 25 heavy (non-hydrogen) atoms. The van der Waals surface area contributed by atoms with Crippen molar-refractivity contribution in [2.45, 2.75) is 46.0 Å². The Kier molecular flexibility index (Phi) is 6.18. The third-order valence-corrected chi connectivity index (χ3v) is 4.98. The molecular weight excluding hydrogens is 304 g/mol. The monoisotopic (exact) mass is 332 g/mol. The minimum atomic E-state index is 0.589. The summed E-state index contributed by atoms with van der Waals surface area (Å²) >= 11 is 0. The highest BCUT2D eigenvalue weighted by atomic mass is 16.5. The van der Waals surface area contributed by atoms with E-state index >= 15 is 0 Å². The van der Waals surface area contributed by atoms with Crippen molar-refractivity contribution in [3.63, 3.8) is 0 Å². The van der Waals surface area contributed by atoms with E-state index in [-0.39, 0.29) is 0 Å².